The zero-order chi connectivity index (χ0) is 15.5. The summed E-state index contributed by atoms with van der Waals surface area (Å²) in [7, 11) is 0. The lowest BCUT2D eigenvalue weighted by molar-refractivity contribution is -0.128. The van der Waals surface area contributed by atoms with Crippen LogP contribution in [-0.4, -0.2) is 29.2 Å². The van der Waals surface area contributed by atoms with Crippen LogP contribution in [0, 0.1) is 0 Å². The van der Waals surface area contributed by atoms with Gasteiger partial charge < -0.3 is 4.74 Å². The van der Waals surface area contributed by atoms with Crippen LogP contribution >= 0.6 is 27.5 Å². The van der Waals surface area contributed by atoms with Gasteiger partial charge in [-0.15, -0.1) is 0 Å². The van der Waals surface area contributed by atoms with Gasteiger partial charge >= 0.3 is 0 Å². The maximum absolute atomic E-state index is 9.55. The number of hydrazone groups is 1. The third kappa shape index (κ3) is 6.91. The summed E-state index contributed by atoms with van der Waals surface area (Å²) >= 11 is 9.30. The lowest BCUT2D eigenvalue weighted by Crippen LogP contribution is -2.13. The van der Waals surface area contributed by atoms with Gasteiger partial charge in [0.1, 0.15) is 4.62 Å². The second-order valence-corrected chi connectivity index (χ2v) is 5.65. The van der Waals surface area contributed by atoms with E-state index in [0.717, 1.165) is 36.2 Å². The van der Waals surface area contributed by atoms with Gasteiger partial charge in [-0.2, -0.15) is 5.10 Å². The molecule has 0 aromatic carbocycles. The number of ether oxygens (including phenoxy) is 1. The molecule has 0 aliphatic carbocycles. The van der Waals surface area contributed by atoms with Crippen molar-refractivity contribution in [2.45, 2.75) is 32.6 Å². The minimum atomic E-state index is 0.496. The average Bonchev–Trinajstić information content (AvgIpc) is 2.91. The highest BCUT2D eigenvalue weighted by molar-refractivity contribution is 9.18. The molecular weight excluding hydrogens is 358 g/mol. The number of carbonyl (C=O) groups excluding carboxylic acids is 1. The zero-order valence-electron chi connectivity index (χ0n) is 12.0. The van der Waals surface area contributed by atoms with Crippen molar-refractivity contribution in [2.75, 3.05) is 18.2 Å². The van der Waals surface area contributed by atoms with E-state index in [1.807, 2.05) is 6.07 Å². The predicted molar refractivity (Wildman–Crippen MR) is 89.1 cm³/mol. The molecule has 0 atom stereocenters. The van der Waals surface area contributed by atoms with E-state index in [9.17, 15) is 4.79 Å². The van der Waals surface area contributed by atoms with Gasteiger partial charge in [0, 0.05) is 19.2 Å². The fraction of sp³-hybridized carbons (Fsp3) is 0.500. The highest BCUT2D eigenvalue weighted by atomic mass is 79.9. The van der Waals surface area contributed by atoms with Crippen LogP contribution in [0.15, 0.2) is 23.4 Å². The molecule has 0 N–H and O–H groups in total. The van der Waals surface area contributed by atoms with Crippen LogP contribution in [0.25, 0.3) is 0 Å². The van der Waals surface area contributed by atoms with Crippen molar-refractivity contribution in [1.82, 2.24) is 4.98 Å². The molecule has 1 aliphatic rings. The Kier molecular flexibility index (Phi) is 9.01. The number of rotatable bonds is 6. The summed E-state index contributed by atoms with van der Waals surface area (Å²) in [5, 5.41) is 6.67. The summed E-state index contributed by atoms with van der Waals surface area (Å²) < 4.78 is 5.39. The van der Waals surface area contributed by atoms with Crippen LogP contribution < -0.4 is 5.01 Å². The zero-order valence-corrected chi connectivity index (χ0v) is 14.3. The molecule has 5 nitrogen and oxygen atoms in total. The monoisotopic (exact) mass is 375 g/mol. The number of unbranched alkanes of at least 4 members (excludes halogenated alkanes) is 2. The van der Waals surface area contributed by atoms with Crippen molar-refractivity contribution in [3.8, 4) is 0 Å². The second-order valence-electron chi connectivity index (χ2n) is 4.33. The third-order valence-electron chi connectivity index (χ3n) is 2.68. The molecule has 21 heavy (non-hydrogen) atoms. The number of pyridine rings is 1. The van der Waals surface area contributed by atoms with Crippen LogP contribution in [0.4, 0.5) is 5.82 Å². The lowest BCUT2D eigenvalue weighted by Gasteiger charge is -2.12. The Bertz CT molecular complexity index is 471. The van der Waals surface area contributed by atoms with Crippen LogP contribution in [0.2, 0.25) is 5.02 Å². The summed E-state index contributed by atoms with van der Waals surface area (Å²) in [6.45, 7) is 4.02. The van der Waals surface area contributed by atoms with E-state index in [1.165, 1.54) is 6.42 Å². The summed E-state index contributed by atoms with van der Waals surface area (Å²) in [6, 6.07) is 3.62. The number of anilines is 1. The van der Waals surface area contributed by atoms with E-state index >= 15 is 0 Å². The first kappa shape index (κ1) is 17.9. The largest absolute Gasteiger partial charge is 0.468 e. The number of hydrogen-bond acceptors (Lipinski definition) is 5. The SMILES string of the molecule is CCCCCOC=O.Clc1cccnc1N1CCC(Br)=N1. The Hall–Kier alpha value is -1.14. The first-order chi connectivity index (χ1) is 10.2. The predicted octanol–water partition coefficient (Wildman–Crippen LogP) is 4.00. The van der Waals surface area contributed by atoms with Gasteiger partial charge in [-0.3, -0.25) is 4.79 Å². The third-order valence-corrected chi connectivity index (χ3v) is 3.53. The molecule has 1 aromatic rings. The number of halogens is 2. The summed E-state index contributed by atoms with van der Waals surface area (Å²) in [6.07, 6.45) is 5.93. The Morgan fingerprint density at radius 2 is 2.33 bits per heavy atom. The second kappa shape index (κ2) is 10.6. The molecule has 2 heterocycles. The van der Waals surface area contributed by atoms with Crippen LogP contribution in [-0.2, 0) is 9.53 Å². The fourth-order valence-corrected chi connectivity index (χ4v) is 2.22. The van der Waals surface area contributed by atoms with E-state index in [4.69, 9.17) is 11.6 Å². The van der Waals surface area contributed by atoms with Crippen molar-refractivity contribution < 1.29 is 9.53 Å². The summed E-state index contributed by atoms with van der Waals surface area (Å²) in [5.41, 5.74) is 0. The molecule has 0 saturated carbocycles. The van der Waals surface area contributed by atoms with Crippen LogP contribution in [0.3, 0.4) is 0 Å². The standard InChI is InChI=1S/C8H7BrClN3.C6H12O2/c9-7-3-5-13(12-7)8-6(10)2-1-4-11-8;1-2-3-4-5-8-6-7/h1-2,4H,3,5H2;6H,2-5H2,1H3. The van der Waals surface area contributed by atoms with Crippen molar-refractivity contribution in [1.29, 1.82) is 0 Å². The summed E-state index contributed by atoms with van der Waals surface area (Å²) in [5.74, 6) is 0.721. The molecule has 0 radical (unpaired) electrons. The molecule has 116 valence electrons. The Morgan fingerprint density at radius 1 is 1.52 bits per heavy atom. The number of hydrogen-bond donors (Lipinski definition) is 0. The first-order valence-corrected chi connectivity index (χ1v) is 8.02. The molecule has 0 spiro atoms. The molecule has 1 aliphatic heterocycles. The van der Waals surface area contributed by atoms with Gasteiger partial charge in [0.2, 0.25) is 0 Å². The van der Waals surface area contributed by atoms with Gasteiger partial charge in [0.05, 0.1) is 11.6 Å². The van der Waals surface area contributed by atoms with E-state index < -0.39 is 0 Å². The highest BCUT2D eigenvalue weighted by Crippen LogP contribution is 2.25. The van der Waals surface area contributed by atoms with Crippen molar-refractivity contribution in [2.24, 2.45) is 5.10 Å². The molecule has 1 aromatic heterocycles. The molecule has 7 heteroatoms. The van der Waals surface area contributed by atoms with Crippen LogP contribution in [0.5, 0.6) is 0 Å². The Balaban J connectivity index is 0.000000240. The van der Waals surface area contributed by atoms with Gasteiger partial charge in [-0.05, 0) is 34.5 Å². The first-order valence-electron chi connectivity index (χ1n) is 6.85. The fourth-order valence-electron chi connectivity index (χ4n) is 1.63. The van der Waals surface area contributed by atoms with Crippen molar-refractivity contribution in [3.63, 3.8) is 0 Å². The normalized spacial score (nSPS) is 13.3. The smallest absolute Gasteiger partial charge is 0.293 e. The van der Waals surface area contributed by atoms with Gasteiger partial charge in [0.15, 0.2) is 5.82 Å². The molecule has 0 saturated heterocycles. The topological polar surface area (TPSA) is 54.8 Å². The molecule has 0 fully saturated rings. The number of aromatic nitrogens is 1. The van der Waals surface area contributed by atoms with Crippen molar-refractivity contribution >= 4 is 44.4 Å². The molecule has 0 unspecified atom stereocenters. The van der Waals surface area contributed by atoms with Crippen LogP contribution in [0.1, 0.15) is 32.6 Å². The quantitative estimate of drug-likeness (QED) is 0.556. The minimum absolute atomic E-state index is 0.496. The lowest BCUT2D eigenvalue weighted by atomic mass is 10.3. The molecule has 0 bridgehead atoms. The Morgan fingerprint density at radius 3 is 2.90 bits per heavy atom. The van der Waals surface area contributed by atoms with Gasteiger partial charge in [0.25, 0.3) is 6.47 Å². The van der Waals surface area contributed by atoms with E-state index in [2.05, 4.69) is 37.7 Å². The average molecular weight is 377 g/mol. The molecular formula is C14H19BrClN3O2. The minimum Gasteiger partial charge on any atom is -0.468 e. The molecule has 0 amide bonds. The van der Waals surface area contributed by atoms with Crippen molar-refractivity contribution in [3.05, 3.63) is 23.4 Å². The molecule has 2 rings (SSSR count). The van der Waals surface area contributed by atoms with E-state index in [0.29, 0.717) is 18.1 Å². The number of nitrogens with zero attached hydrogens (tertiary/aromatic N) is 3. The highest BCUT2D eigenvalue weighted by Gasteiger charge is 2.16. The summed E-state index contributed by atoms with van der Waals surface area (Å²) in [4.78, 5) is 13.7. The van der Waals surface area contributed by atoms with E-state index in [-0.39, 0.29) is 0 Å². The maximum atomic E-state index is 9.55. The van der Waals surface area contributed by atoms with E-state index in [1.54, 1.807) is 17.3 Å². The van der Waals surface area contributed by atoms with Gasteiger partial charge in [-0.25, -0.2) is 9.99 Å². The maximum Gasteiger partial charge on any atom is 0.293 e. The van der Waals surface area contributed by atoms with Gasteiger partial charge in [-0.1, -0.05) is 31.4 Å². The Labute approximate surface area is 138 Å². The number of carbonyl (C=O) groups is 1.